The van der Waals surface area contributed by atoms with Crippen LogP contribution in [0, 0.1) is 11.3 Å². The third-order valence-electron chi connectivity index (χ3n) is 4.57. The molecule has 0 saturated carbocycles. The molecule has 4 aromatic rings. The van der Waals surface area contributed by atoms with Crippen molar-refractivity contribution in [3.63, 3.8) is 0 Å². The fourth-order valence-corrected chi connectivity index (χ4v) is 2.95. The third kappa shape index (κ3) is 3.41. The highest BCUT2D eigenvalue weighted by Gasteiger charge is 2.21. The van der Waals surface area contributed by atoms with Gasteiger partial charge in [-0.3, -0.25) is 14.2 Å². The van der Waals surface area contributed by atoms with E-state index in [-0.39, 0.29) is 11.6 Å². The Hall–Kier alpha value is -4.00. The highest BCUT2D eigenvalue weighted by molar-refractivity contribution is 5.87. The minimum Gasteiger partial charge on any atom is -0.494 e. The number of pyridine rings is 2. The van der Waals surface area contributed by atoms with Gasteiger partial charge in [0.25, 0.3) is 0 Å². The van der Waals surface area contributed by atoms with Gasteiger partial charge in [0.05, 0.1) is 46.9 Å². The molecule has 0 aliphatic heterocycles. The van der Waals surface area contributed by atoms with Crippen molar-refractivity contribution in [3.8, 4) is 34.6 Å². The number of halogens is 2. The lowest BCUT2D eigenvalue weighted by molar-refractivity contribution is -0.0500. The Morgan fingerprint density at radius 2 is 2.00 bits per heavy atom. The zero-order valence-corrected chi connectivity index (χ0v) is 16.0. The summed E-state index contributed by atoms with van der Waals surface area (Å²) in [6.45, 7) is 0.503. The number of fused-ring (bicyclic) bond motifs is 1. The highest BCUT2D eigenvalue weighted by Crippen LogP contribution is 2.32. The lowest BCUT2D eigenvalue weighted by Gasteiger charge is -2.15. The van der Waals surface area contributed by atoms with Gasteiger partial charge in [0.1, 0.15) is 11.3 Å². The summed E-state index contributed by atoms with van der Waals surface area (Å²) < 4.78 is 32.3. The fourth-order valence-electron chi connectivity index (χ4n) is 2.95. The van der Waals surface area contributed by atoms with Crippen LogP contribution in [0.25, 0.3) is 27.8 Å². The molecule has 0 unspecified atom stereocenters. The zero-order chi connectivity index (χ0) is 21.5. The topological polar surface area (TPSA) is 102 Å². The minimum atomic E-state index is -2.95. The van der Waals surface area contributed by atoms with Gasteiger partial charge in [0, 0.05) is 18.0 Å². The number of hydrogen-bond acceptors (Lipinski definition) is 6. The highest BCUT2D eigenvalue weighted by atomic mass is 19.3. The van der Waals surface area contributed by atoms with Crippen molar-refractivity contribution < 1.29 is 18.6 Å². The van der Waals surface area contributed by atoms with Gasteiger partial charge in [0.15, 0.2) is 0 Å². The number of nitrogens with zero attached hydrogens (tertiary/aromatic N) is 6. The summed E-state index contributed by atoms with van der Waals surface area (Å²) >= 11 is 0. The standard InChI is InChI=1S/C20H16F2N6O2/c1-20(2,11-23)28-9-13(7-25-28)27-10-17-15(18(27)29)3-4-16(26-17)12-5-14(8-24-6-12)30-19(21)22/h3-10,19,29H,1-2H3. The number of rotatable bonds is 5. The lowest BCUT2D eigenvalue weighted by Crippen LogP contribution is -2.24. The average Bonchev–Trinajstić information content (AvgIpc) is 3.33. The van der Waals surface area contributed by atoms with Crippen LogP contribution < -0.4 is 4.74 Å². The maximum atomic E-state index is 12.4. The van der Waals surface area contributed by atoms with Crippen LogP contribution in [0.15, 0.2) is 49.2 Å². The van der Waals surface area contributed by atoms with Crippen molar-refractivity contribution in [1.29, 1.82) is 5.26 Å². The summed E-state index contributed by atoms with van der Waals surface area (Å²) in [4.78, 5) is 8.41. The second kappa shape index (κ2) is 7.11. The Morgan fingerprint density at radius 3 is 2.73 bits per heavy atom. The van der Waals surface area contributed by atoms with Gasteiger partial charge in [0.2, 0.25) is 5.88 Å². The quantitative estimate of drug-likeness (QED) is 0.536. The number of nitriles is 1. The zero-order valence-electron chi connectivity index (χ0n) is 16.0. The van der Waals surface area contributed by atoms with E-state index in [1.165, 1.54) is 33.9 Å². The molecule has 0 aromatic carbocycles. The minimum absolute atomic E-state index is 0.0359. The number of aromatic nitrogens is 5. The predicted molar refractivity (Wildman–Crippen MR) is 103 cm³/mol. The van der Waals surface area contributed by atoms with Crippen molar-refractivity contribution in [2.45, 2.75) is 26.0 Å². The number of alkyl halides is 2. The fraction of sp³-hybridized carbons (Fsp3) is 0.200. The Morgan fingerprint density at radius 1 is 1.20 bits per heavy atom. The average molecular weight is 410 g/mol. The van der Waals surface area contributed by atoms with E-state index in [9.17, 15) is 19.1 Å². The molecule has 4 heterocycles. The van der Waals surface area contributed by atoms with Crippen molar-refractivity contribution in [3.05, 3.63) is 49.2 Å². The Balaban J connectivity index is 1.73. The molecule has 0 amide bonds. The van der Waals surface area contributed by atoms with E-state index in [1.807, 2.05) is 0 Å². The molecular formula is C20H16F2N6O2. The SMILES string of the molecule is CC(C)(C#N)n1cc(-n2cc3nc(-c4cncc(OC(F)F)c4)ccc3c2O)cn1. The normalized spacial score (nSPS) is 11.7. The van der Waals surface area contributed by atoms with Crippen LogP contribution in [-0.2, 0) is 5.54 Å². The number of hydrogen-bond donors (Lipinski definition) is 1. The molecule has 0 saturated heterocycles. The molecule has 0 aliphatic rings. The Kier molecular flexibility index (Phi) is 4.58. The van der Waals surface area contributed by atoms with Crippen molar-refractivity contribution in [2.24, 2.45) is 0 Å². The molecular weight excluding hydrogens is 394 g/mol. The first-order valence-corrected chi connectivity index (χ1v) is 8.86. The van der Waals surface area contributed by atoms with Gasteiger partial charge in [-0.2, -0.15) is 19.1 Å². The molecule has 10 heteroatoms. The largest absolute Gasteiger partial charge is 0.494 e. The summed E-state index contributed by atoms with van der Waals surface area (Å²) in [7, 11) is 0. The molecule has 0 spiro atoms. The van der Waals surface area contributed by atoms with Gasteiger partial charge in [-0.15, -0.1) is 0 Å². The first-order chi connectivity index (χ1) is 14.3. The van der Waals surface area contributed by atoms with Crippen molar-refractivity contribution >= 4 is 10.9 Å². The third-order valence-corrected chi connectivity index (χ3v) is 4.57. The van der Waals surface area contributed by atoms with E-state index in [0.717, 1.165) is 0 Å². The summed E-state index contributed by atoms with van der Waals surface area (Å²) in [5.74, 6) is -0.108. The predicted octanol–water partition coefficient (Wildman–Crippen LogP) is 3.85. The molecule has 30 heavy (non-hydrogen) atoms. The van der Waals surface area contributed by atoms with Gasteiger partial charge in [-0.25, -0.2) is 4.98 Å². The van der Waals surface area contributed by atoms with Crippen LogP contribution in [0.1, 0.15) is 13.8 Å². The first kappa shape index (κ1) is 19.3. The summed E-state index contributed by atoms with van der Waals surface area (Å²) in [6, 6.07) is 6.90. The molecule has 152 valence electrons. The molecule has 0 radical (unpaired) electrons. The first-order valence-electron chi connectivity index (χ1n) is 8.86. The second-order valence-electron chi connectivity index (χ2n) is 7.05. The number of aromatic hydroxyl groups is 1. The summed E-state index contributed by atoms with van der Waals surface area (Å²) in [5, 5.41) is 24.6. The smallest absolute Gasteiger partial charge is 0.387 e. The summed E-state index contributed by atoms with van der Waals surface area (Å²) in [6.07, 6.45) is 7.49. The molecule has 0 fully saturated rings. The monoisotopic (exact) mass is 410 g/mol. The lowest BCUT2D eigenvalue weighted by atomic mass is 10.1. The van der Waals surface area contributed by atoms with E-state index in [0.29, 0.717) is 27.8 Å². The Bertz CT molecular complexity index is 1270. The molecule has 4 aromatic heterocycles. The van der Waals surface area contributed by atoms with Crippen LogP contribution in [0.5, 0.6) is 11.6 Å². The molecule has 0 atom stereocenters. The maximum absolute atomic E-state index is 12.4. The number of ether oxygens (including phenoxy) is 1. The van der Waals surface area contributed by atoms with Crippen molar-refractivity contribution in [2.75, 3.05) is 0 Å². The summed E-state index contributed by atoms with van der Waals surface area (Å²) in [5.41, 5.74) is 1.17. The van der Waals surface area contributed by atoms with Gasteiger partial charge < -0.3 is 9.84 Å². The van der Waals surface area contributed by atoms with E-state index < -0.39 is 12.2 Å². The van der Waals surface area contributed by atoms with E-state index in [1.54, 1.807) is 38.4 Å². The Labute approximate surface area is 169 Å². The van der Waals surface area contributed by atoms with Gasteiger partial charge >= 0.3 is 6.61 Å². The van der Waals surface area contributed by atoms with Crippen LogP contribution in [0.3, 0.4) is 0 Å². The van der Waals surface area contributed by atoms with Crippen LogP contribution >= 0.6 is 0 Å². The molecule has 1 N–H and O–H groups in total. The molecule has 4 rings (SSSR count). The van der Waals surface area contributed by atoms with Crippen LogP contribution in [0.4, 0.5) is 8.78 Å². The second-order valence-corrected chi connectivity index (χ2v) is 7.05. The van der Waals surface area contributed by atoms with Gasteiger partial charge in [-0.05, 0) is 32.0 Å². The van der Waals surface area contributed by atoms with Crippen LogP contribution in [-0.4, -0.2) is 36.0 Å². The molecule has 0 bridgehead atoms. The molecule has 0 aliphatic carbocycles. The van der Waals surface area contributed by atoms with Crippen molar-refractivity contribution in [1.82, 2.24) is 24.3 Å². The van der Waals surface area contributed by atoms with E-state index >= 15 is 0 Å². The molecule has 8 nitrogen and oxygen atoms in total. The van der Waals surface area contributed by atoms with E-state index in [4.69, 9.17) is 0 Å². The van der Waals surface area contributed by atoms with E-state index in [2.05, 4.69) is 25.9 Å². The van der Waals surface area contributed by atoms with Gasteiger partial charge in [-0.1, -0.05) is 0 Å². The maximum Gasteiger partial charge on any atom is 0.387 e. The van der Waals surface area contributed by atoms with Crippen LogP contribution in [0.2, 0.25) is 0 Å².